The highest BCUT2D eigenvalue weighted by atomic mass is 35.5. The molecule has 4 aromatic rings. The Morgan fingerprint density at radius 2 is 1.88 bits per heavy atom. The smallest absolute Gasteiger partial charge is 0.288 e. The zero-order valence-corrected chi connectivity index (χ0v) is 15.4. The number of halogens is 2. The molecule has 26 heavy (non-hydrogen) atoms. The molecule has 0 atom stereocenters. The van der Waals surface area contributed by atoms with Gasteiger partial charge in [0.1, 0.15) is 0 Å². The van der Waals surface area contributed by atoms with Crippen molar-refractivity contribution in [2.24, 2.45) is 7.05 Å². The molecule has 0 aliphatic rings. The van der Waals surface area contributed by atoms with E-state index in [1.54, 1.807) is 19.3 Å². The Morgan fingerprint density at radius 1 is 1.12 bits per heavy atom. The van der Waals surface area contributed by atoms with E-state index >= 15 is 0 Å². The van der Waals surface area contributed by atoms with E-state index in [9.17, 15) is 4.79 Å². The van der Waals surface area contributed by atoms with Gasteiger partial charge < -0.3 is 4.57 Å². The molecule has 4 rings (SSSR count). The van der Waals surface area contributed by atoms with Gasteiger partial charge in [-0.15, -0.1) is 0 Å². The van der Waals surface area contributed by atoms with E-state index in [1.165, 1.54) is 4.57 Å². The first-order chi connectivity index (χ1) is 12.5. The second kappa shape index (κ2) is 6.59. The molecule has 0 fully saturated rings. The first-order valence-corrected chi connectivity index (χ1v) is 8.71. The van der Waals surface area contributed by atoms with E-state index in [0.717, 1.165) is 16.7 Å². The predicted octanol–water partition coefficient (Wildman–Crippen LogP) is 4.15. The summed E-state index contributed by atoms with van der Waals surface area (Å²) < 4.78 is 3.32. The van der Waals surface area contributed by atoms with E-state index in [2.05, 4.69) is 22.2 Å². The van der Waals surface area contributed by atoms with Crippen LogP contribution in [0, 0.1) is 0 Å². The summed E-state index contributed by atoms with van der Waals surface area (Å²) in [5.41, 5.74) is 3.71. The van der Waals surface area contributed by atoms with Crippen molar-refractivity contribution in [1.29, 1.82) is 0 Å². The van der Waals surface area contributed by atoms with Gasteiger partial charge in [-0.3, -0.25) is 9.48 Å². The Balaban J connectivity index is 1.77. The molecule has 5 nitrogen and oxygen atoms in total. The molecule has 0 saturated heterocycles. The molecule has 0 saturated carbocycles. The first kappa shape index (κ1) is 16.8. The SMILES string of the molecule is Cn1c(=O)c(Cl)nc2cc(Cl)c(-c3cnn(Cc4ccccc4)c3)cc21. The Kier molecular flexibility index (Phi) is 4.26. The molecule has 0 N–H and O–H groups in total. The number of fused-ring (bicyclic) bond motifs is 1. The van der Waals surface area contributed by atoms with Crippen molar-refractivity contribution in [2.45, 2.75) is 6.54 Å². The molecule has 0 aliphatic heterocycles. The van der Waals surface area contributed by atoms with Crippen LogP contribution in [-0.4, -0.2) is 19.3 Å². The summed E-state index contributed by atoms with van der Waals surface area (Å²) in [5.74, 6) is 0. The average molecular weight is 385 g/mol. The maximum absolute atomic E-state index is 12.0. The average Bonchev–Trinajstić information content (AvgIpc) is 3.08. The minimum atomic E-state index is -0.341. The van der Waals surface area contributed by atoms with Gasteiger partial charge in [0.15, 0.2) is 5.15 Å². The van der Waals surface area contributed by atoms with Gasteiger partial charge in [-0.05, 0) is 17.7 Å². The quantitative estimate of drug-likeness (QED) is 0.532. The molecule has 2 aromatic carbocycles. The summed E-state index contributed by atoms with van der Waals surface area (Å²) in [5, 5.41) is 4.87. The minimum Gasteiger partial charge on any atom is -0.307 e. The standard InChI is InChI=1S/C19H14Cl2N4O/c1-24-17-7-14(15(20)8-16(17)23-18(21)19(24)26)13-9-22-25(11-13)10-12-5-3-2-4-6-12/h2-9,11H,10H2,1H3. The van der Waals surface area contributed by atoms with Crippen molar-refractivity contribution in [1.82, 2.24) is 19.3 Å². The number of benzene rings is 2. The molecule has 0 bridgehead atoms. The molecule has 0 amide bonds. The molecule has 2 heterocycles. The summed E-state index contributed by atoms with van der Waals surface area (Å²) in [6, 6.07) is 13.6. The number of rotatable bonds is 3. The number of aryl methyl sites for hydroxylation is 1. The van der Waals surface area contributed by atoms with Gasteiger partial charge in [0, 0.05) is 24.4 Å². The van der Waals surface area contributed by atoms with Gasteiger partial charge in [-0.2, -0.15) is 5.10 Å². The molecule has 0 spiro atoms. The lowest BCUT2D eigenvalue weighted by atomic mass is 10.1. The van der Waals surface area contributed by atoms with Crippen LogP contribution in [0.15, 0.2) is 59.7 Å². The lowest BCUT2D eigenvalue weighted by Crippen LogP contribution is -2.18. The lowest BCUT2D eigenvalue weighted by molar-refractivity contribution is 0.687. The van der Waals surface area contributed by atoms with Gasteiger partial charge in [0.2, 0.25) is 0 Å². The van der Waals surface area contributed by atoms with Crippen LogP contribution in [0.3, 0.4) is 0 Å². The molecule has 2 aromatic heterocycles. The van der Waals surface area contributed by atoms with Crippen LogP contribution >= 0.6 is 23.2 Å². The van der Waals surface area contributed by atoms with Crippen molar-refractivity contribution in [3.05, 3.63) is 81.0 Å². The molecular formula is C19H14Cl2N4O. The maximum atomic E-state index is 12.0. The topological polar surface area (TPSA) is 52.7 Å². The highest BCUT2D eigenvalue weighted by molar-refractivity contribution is 6.34. The normalized spacial score (nSPS) is 11.2. The van der Waals surface area contributed by atoms with Gasteiger partial charge in [0.25, 0.3) is 5.56 Å². The first-order valence-electron chi connectivity index (χ1n) is 7.95. The van der Waals surface area contributed by atoms with Crippen LogP contribution in [0.25, 0.3) is 22.2 Å². The molecule has 0 aliphatic carbocycles. The third kappa shape index (κ3) is 3.00. The second-order valence-electron chi connectivity index (χ2n) is 6.00. The zero-order chi connectivity index (χ0) is 18.3. The van der Waals surface area contributed by atoms with Crippen LogP contribution < -0.4 is 5.56 Å². The van der Waals surface area contributed by atoms with E-state index in [4.69, 9.17) is 23.2 Å². The van der Waals surface area contributed by atoms with E-state index in [0.29, 0.717) is 22.6 Å². The van der Waals surface area contributed by atoms with Crippen molar-refractivity contribution in [3.8, 4) is 11.1 Å². The van der Waals surface area contributed by atoms with Gasteiger partial charge in [0.05, 0.1) is 28.8 Å². The van der Waals surface area contributed by atoms with Crippen molar-refractivity contribution in [2.75, 3.05) is 0 Å². The molecule has 130 valence electrons. The fourth-order valence-electron chi connectivity index (χ4n) is 2.89. The van der Waals surface area contributed by atoms with Crippen LogP contribution in [0.1, 0.15) is 5.56 Å². The van der Waals surface area contributed by atoms with Gasteiger partial charge >= 0.3 is 0 Å². The number of nitrogens with zero attached hydrogens (tertiary/aromatic N) is 4. The summed E-state index contributed by atoms with van der Waals surface area (Å²) in [7, 11) is 1.66. The van der Waals surface area contributed by atoms with Crippen LogP contribution in [-0.2, 0) is 13.6 Å². The zero-order valence-electron chi connectivity index (χ0n) is 13.9. The Hall–Kier alpha value is -2.63. The second-order valence-corrected chi connectivity index (χ2v) is 6.76. The fraction of sp³-hybridized carbons (Fsp3) is 0.105. The lowest BCUT2D eigenvalue weighted by Gasteiger charge is -2.08. The Labute approximate surface area is 159 Å². The molecule has 7 heteroatoms. The van der Waals surface area contributed by atoms with Crippen LogP contribution in [0.2, 0.25) is 10.2 Å². The summed E-state index contributed by atoms with van der Waals surface area (Å²) in [4.78, 5) is 16.2. The number of aromatic nitrogens is 4. The van der Waals surface area contributed by atoms with Gasteiger partial charge in [-0.25, -0.2) is 4.98 Å². The van der Waals surface area contributed by atoms with E-state index < -0.39 is 0 Å². The van der Waals surface area contributed by atoms with Crippen molar-refractivity contribution < 1.29 is 0 Å². The summed E-state index contributed by atoms with van der Waals surface area (Å²) in [6.07, 6.45) is 3.69. The Bertz CT molecular complexity index is 1170. The van der Waals surface area contributed by atoms with E-state index in [1.807, 2.05) is 35.1 Å². The fourth-order valence-corrected chi connectivity index (χ4v) is 3.38. The van der Waals surface area contributed by atoms with Crippen molar-refractivity contribution >= 4 is 34.2 Å². The monoisotopic (exact) mass is 384 g/mol. The highest BCUT2D eigenvalue weighted by Crippen LogP contribution is 2.31. The maximum Gasteiger partial charge on any atom is 0.288 e. The Morgan fingerprint density at radius 3 is 2.65 bits per heavy atom. The summed E-state index contributed by atoms with van der Waals surface area (Å²) in [6.45, 7) is 0.668. The molecular weight excluding hydrogens is 371 g/mol. The molecule has 0 unspecified atom stereocenters. The third-order valence-electron chi connectivity index (χ3n) is 4.26. The predicted molar refractivity (Wildman–Crippen MR) is 104 cm³/mol. The van der Waals surface area contributed by atoms with Crippen molar-refractivity contribution in [3.63, 3.8) is 0 Å². The summed E-state index contributed by atoms with van der Waals surface area (Å²) >= 11 is 12.3. The highest BCUT2D eigenvalue weighted by Gasteiger charge is 2.13. The van der Waals surface area contributed by atoms with Crippen LogP contribution in [0.4, 0.5) is 0 Å². The van der Waals surface area contributed by atoms with Crippen LogP contribution in [0.5, 0.6) is 0 Å². The van der Waals surface area contributed by atoms with Gasteiger partial charge in [-0.1, -0.05) is 53.5 Å². The molecule has 0 radical (unpaired) electrons. The third-order valence-corrected chi connectivity index (χ3v) is 4.82. The minimum absolute atomic E-state index is 0.0699. The number of hydrogen-bond acceptors (Lipinski definition) is 3. The van der Waals surface area contributed by atoms with E-state index in [-0.39, 0.29) is 10.7 Å². The number of hydrogen-bond donors (Lipinski definition) is 0. The largest absolute Gasteiger partial charge is 0.307 e.